The number of hydrogen-bond acceptors (Lipinski definition) is 6. The second-order valence-electron chi connectivity index (χ2n) is 7.76. The summed E-state index contributed by atoms with van der Waals surface area (Å²) in [4.78, 5) is 28.2. The summed E-state index contributed by atoms with van der Waals surface area (Å²) in [6.07, 6.45) is 0.890. The van der Waals surface area contributed by atoms with Gasteiger partial charge in [-0.3, -0.25) is 14.9 Å². The molecule has 35 heavy (non-hydrogen) atoms. The van der Waals surface area contributed by atoms with Crippen LogP contribution in [0.15, 0.2) is 81.6 Å². The molecule has 0 saturated carbocycles. The summed E-state index contributed by atoms with van der Waals surface area (Å²) < 4.78 is 11.5. The number of aromatic nitrogens is 1. The van der Waals surface area contributed by atoms with Crippen LogP contribution in [0.25, 0.3) is 33.9 Å². The molecule has 0 fully saturated rings. The summed E-state index contributed by atoms with van der Waals surface area (Å²) in [6, 6.07) is 20.0. The van der Waals surface area contributed by atoms with Crippen molar-refractivity contribution in [3.8, 4) is 22.8 Å². The van der Waals surface area contributed by atoms with E-state index < -0.39 is 10.8 Å². The van der Waals surface area contributed by atoms with Crippen LogP contribution in [0.3, 0.4) is 0 Å². The third-order valence-corrected chi connectivity index (χ3v) is 5.85. The van der Waals surface area contributed by atoms with Gasteiger partial charge in [0.25, 0.3) is 11.6 Å². The zero-order chi connectivity index (χ0) is 24.5. The minimum atomic E-state index is -0.556. The Hall–Kier alpha value is -4.43. The molecule has 3 aromatic carbocycles. The molecule has 1 N–H and O–H groups in total. The van der Waals surface area contributed by atoms with Gasteiger partial charge in [-0.05, 0) is 60.5 Å². The molecule has 2 aromatic heterocycles. The fraction of sp³-hybridized carbons (Fsp3) is 0.0769. The summed E-state index contributed by atoms with van der Waals surface area (Å²) in [6.45, 7) is 2.07. The highest BCUT2D eigenvalue weighted by molar-refractivity contribution is 6.34. The zero-order valence-corrected chi connectivity index (χ0v) is 19.2. The number of carbonyl (C=O) groups is 1. The maximum atomic E-state index is 12.9. The van der Waals surface area contributed by atoms with Gasteiger partial charge in [0, 0.05) is 11.6 Å². The quantitative estimate of drug-likeness (QED) is 0.201. The van der Waals surface area contributed by atoms with Gasteiger partial charge in [0.1, 0.15) is 11.3 Å². The lowest BCUT2D eigenvalue weighted by atomic mass is 10.1. The molecular formula is C26H18ClN3O5. The molecule has 0 aliphatic heterocycles. The summed E-state index contributed by atoms with van der Waals surface area (Å²) in [7, 11) is 0. The van der Waals surface area contributed by atoms with Crippen molar-refractivity contribution in [1.82, 2.24) is 4.98 Å². The number of rotatable bonds is 6. The predicted octanol–water partition coefficient (Wildman–Crippen LogP) is 7.13. The first-order valence-electron chi connectivity index (χ1n) is 10.8. The van der Waals surface area contributed by atoms with Crippen LogP contribution in [0, 0.1) is 10.1 Å². The highest BCUT2D eigenvalue weighted by atomic mass is 35.5. The van der Waals surface area contributed by atoms with Crippen molar-refractivity contribution in [2.45, 2.75) is 13.3 Å². The van der Waals surface area contributed by atoms with Crippen LogP contribution < -0.4 is 5.32 Å². The van der Waals surface area contributed by atoms with Crippen molar-refractivity contribution in [1.29, 1.82) is 0 Å². The normalized spacial score (nSPS) is 11.0. The highest BCUT2D eigenvalue weighted by Crippen LogP contribution is 2.33. The Balaban J connectivity index is 1.41. The molecule has 9 heteroatoms. The van der Waals surface area contributed by atoms with Gasteiger partial charge in [0.05, 0.1) is 21.2 Å². The molecule has 5 aromatic rings. The van der Waals surface area contributed by atoms with E-state index in [4.69, 9.17) is 20.4 Å². The maximum absolute atomic E-state index is 12.9. The van der Waals surface area contributed by atoms with Crippen LogP contribution in [-0.2, 0) is 6.42 Å². The van der Waals surface area contributed by atoms with Crippen LogP contribution in [-0.4, -0.2) is 15.8 Å². The van der Waals surface area contributed by atoms with E-state index in [0.717, 1.165) is 17.5 Å². The SMILES string of the molecule is CCc1ccc2oc(-c3ccc(Cl)c(NC(=O)c4ccc(-c5ccccc5[N+](=O)[O-])o4)c3)nc2c1. The third-order valence-electron chi connectivity index (χ3n) is 5.52. The molecule has 0 bridgehead atoms. The number of para-hydroxylation sites is 1. The van der Waals surface area contributed by atoms with Crippen LogP contribution in [0.1, 0.15) is 23.0 Å². The molecule has 0 unspecified atom stereocenters. The fourth-order valence-corrected chi connectivity index (χ4v) is 3.87. The Labute approximate surface area is 204 Å². The number of aryl methyl sites for hydroxylation is 1. The summed E-state index contributed by atoms with van der Waals surface area (Å²) in [5.74, 6) is 0.0323. The highest BCUT2D eigenvalue weighted by Gasteiger charge is 2.20. The van der Waals surface area contributed by atoms with Gasteiger partial charge < -0.3 is 14.2 Å². The smallest absolute Gasteiger partial charge is 0.291 e. The van der Waals surface area contributed by atoms with E-state index in [1.165, 1.54) is 18.2 Å². The van der Waals surface area contributed by atoms with Gasteiger partial charge in [0.15, 0.2) is 11.3 Å². The number of hydrogen-bond donors (Lipinski definition) is 1. The fourth-order valence-electron chi connectivity index (χ4n) is 3.70. The van der Waals surface area contributed by atoms with E-state index >= 15 is 0 Å². The van der Waals surface area contributed by atoms with Crippen molar-refractivity contribution in [2.75, 3.05) is 5.32 Å². The van der Waals surface area contributed by atoms with Crippen LogP contribution in [0.4, 0.5) is 11.4 Å². The van der Waals surface area contributed by atoms with Crippen LogP contribution in [0.2, 0.25) is 5.02 Å². The molecule has 0 radical (unpaired) electrons. The molecule has 0 atom stereocenters. The third kappa shape index (κ3) is 4.39. The lowest BCUT2D eigenvalue weighted by Crippen LogP contribution is -2.11. The first-order chi connectivity index (χ1) is 16.9. The molecule has 8 nitrogen and oxygen atoms in total. The van der Waals surface area contributed by atoms with E-state index in [1.54, 1.807) is 36.4 Å². The lowest BCUT2D eigenvalue weighted by Gasteiger charge is -2.07. The number of nitro groups is 1. The van der Waals surface area contributed by atoms with Crippen molar-refractivity contribution < 1.29 is 18.6 Å². The molecule has 174 valence electrons. The van der Waals surface area contributed by atoms with E-state index in [1.807, 2.05) is 18.2 Å². The summed E-state index contributed by atoms with van der Waals surface area (Å²) >= 11 is 6.32. The average molecular weight is 488 g/mol. The molecule has 5 rings (SSSR count). The van der Waals surface area contributed by atoms with Crippen LogP contribution in [0.5, 0.6) is 0 Å². The second-order valence-corrected chi connectivity index (χ2v) is 8.17. The van der Waals surface area contributed by atoms with Gasteiger partial charge in [-0.2, -0.15) is 0 Å². The number of furan rings is 1. The number of carbonyl (C=O) groups excluding carboxylic acids is 1. The molecule has 0 aliphatic rings. The standard InChI is InChI=1S/C26H18ClN3O5/c1-2-15-7-10-23-20(13-15)29-26(35-23)16-8-9-18(27)19(14-16)28-25(31)24-12-11-22(34-24)17-5-3-4-6-21(17)30(32)33/h3-14H,2H2,1H3,(H,28,31). The van der Waals surface area contributed by atoms with E-state index in [-0.39, 0.29) is 22.8 Å². The number of fused-ring (bicyclic) bond motifs is 1. The minimum Gasteiger partial charge on any atom is -0.451 e. The average Bonchev–Trinajstić information content (AvgIpc) is 3.52. The first-order valence-corrected chi connectivity index (χ1v) is 11.1. The number of anilines is 1. The molecular weight excluding hydrogens is 470 g/mol. The molecule has 0 aliphatic carbocycles. The van der Waals surface area contributed by atoms with Crippen molar-refractivity contribution in [3.05, 3.63) is 99.3 Å². The molecule has 2 heterocycles. The summed E-state index contributed by atoms with van der Waals surface area (Å²) in [5.41, 5.74) is 3.70. The van der Waals surface area contributed by atoms with Gasteiger partial charge in [-0.25, -0.2) is 4.98 Å². The van der Waals surface area contributed by atoms with Crippen LogP contribution >= 0.6 is 11.6 Å². The number of benzene rings is 3. The number of amides is 1. The number of nitrogens with zero attached hydrogens (tertiary/aromatic N) is 2. The Morgan fingerprint density at radius 1 is 1.06 bits per heavy atom. The van der Waals surface area contributed by atoms with E-state index in [9.17, 15) is 14.9 Å². The minimum absolute atomic E-state index is 0.0198. The predicted molar refractivity (Wildman–Crippen MR) is 133 cm³/mol. The topological polar surface area (TPSA) is 111 Å². The Morgan fingerprint density at radius 3 is 2.69 bits per heavy atom. The molecule has 1 amide bonds. The Kier molecular flexibility index (Phi) is 5.80. The van der Waals surface area contributed by atoms with Crippen molar-refractivity contribution >= 4 is 40.0 Å². The lowest BCUT2D eigenvalue weighted by molar-refractivity contribution is -0.384. The zero-order valence-electron chi connectivity index (χ0n) is 18.4. The molecule has 0 saturated heterocycles. The number of halogens is 1. The van der Waals surface area contributed by atoms with Crippen molar-refractivity contribution in [3.63, 3.8) is 0 Å². The van der Waals surface area contributed by atoms with Gasteiger partial charge in [-0.1, -0.05) is 36.7 Å². The van der Waals surface area contributed by atoms with Crippen molar-refractivity contribution in [2.24, 2.45) is 0 Å². The molecule has 0 spiro atoms. The van der Waals surface area contributed by atoms with Gasteiger partial charge in [-0.15, -0.1) is 0 Å². The summed E-state index contributed by atoms with van der Waals surface area (Å²) in [5, 5.41) is 14.3. The van der Waals surface area contributed by atoms with E-state index in [2.05, 4.69) is 17.2 Å². The number of nitrogens with one attached hydrogen (secondary N) is 1. The number of nitro benzene ring substituents is 1. The monoisotopic (exact) mass is 487 g/mol. The van der Waals surface area contributed by atoms with Gasteiger partial charge >= 0.3 is 0 Å². The first kappa shape index (κ1) is 22.4. The van der Waals surface area contributed by atoms with E-state index in [0.29, 0.717) is 27.7 Å². The largest absolute Gasteiger partial charge is 0.451 e. The maximum Gasteiger partial charge on any atom is 0.291 e. The number of oxazole rings is 1. The Morgan fingerprint density at radius 2 is 1.89 bits per heavy atom. The second kappa shape index (κ2) is 9.08. The Bertz CT molecular complexity index is 1590. The van der Waals surface area contributed by atoms with Gasteiger partial charge in [0.2, 0.25) is 5.89 Å².